The fourth-order valence-corrected chi connectivity index (χ4v) is 4.17. The Morgan fingerprint density at radius 3 is 2.57 bits per heavy atom. The molecule has 3 atom stereocenters. The third-order valence-corrected chi connectivity index (χ3v) is 5.79. The summed E-state index contributed by atoms with van der Waals surface area (Å²) in [6.45, 7) is 5.29. The summed E-state index contributed by atoms with van der Waals surface area (Å²) < 4.78 is 18.9. The largest absolute Gasteiger partial charge is 0.388 e. The van der Waals surface area contributed by atoms with Gasteiger partial charge in [0.25, 0.3) is 0 Å². The molecule has 0 bridgehead atoms. The molecule has 160 valence electrons. The van der Waals surface area contributed by atoms with E-state index >= 15 is 0 Å². The minimum absolute atomic E-state index is 0.329. The molecule has 0 aliphatic carbocycles. The van der Waals surface area contributed by atoms with Gasteiger partial charge in [-0.25, -0.2) is 4.98 Å². The number of nitrogens with one attached hydrogen (secondary N) is 1. The van der Waals surface area contributed by atoms with Crippen LogP contribution in [0.25, 0.3) is 5.65 Å². The highest BCUT2D eigenvalue weighted by Gasteiger charge is 2.40. The van der Waals surface area contributed by atoms with Crippen LogP contribution < -0.4 is 5.32 Å². The van der Waals surface area contributed by atoms with Gasteiger partial charge in [-0.05, 0) is 19.4 Å². The van der Waals surface area contributed by atoms with Crippen LogP contribution in [-0.4, -0.2) is 48.0 Å². The van der Waals surface area contributed by atoms with Gasteiger partial charge in [0.2, 0.25) is 0 Å². The summed E-state index contributed by atoms with van der Waals surface area (Å²) in [4.78, 5) is 4.81. The monoisotopic (exact) mass is 411 g/mol. The molecule has 1 aromatic carbocycles. The first kappa shape index (κ1) is 20.8. The van der Waals surface area contributed by atoms with Crippen LogP contribution in [0.4, 0.5) is 5.69 Å². The summed E-state index contributed by atoms with van der Waals surface area (Å²) in [6.07, 6.45) is 0.720. The molecule has 7 nitrogen and oxygen atoms in total. The van der Waals surface area contributed by atoms with Crippen molar-refractivity contribution >= 4 is 11.3 Å². The van der Waals surface area contributed by atoms with Gasteiger partial charge in [0.05, 0.1) is 37.2 Å². The minimum Gasteiger partial charge on any atom is -0.388 e. The maximum absolute atomic E-state index is 11.4. The minimum atomic E-state index is -0.785. The van der Waals surface area contributed by atoms with Crippen molar-refractivity contribution in [1.82, 2.24) is 9.38 Å². The first-order valence-electron chi connectivity index (χ1n) is 10.2. The maximum Gasteiger partial charge on any atom is 0.161 e. The Hall–Kier alpha value is -2.45. The van der Waals surface area contributed by atoms with Gasteiger partial charge in [0, 0.05) is 37.2 Å². The first-order valence-corrected chi connectivity index (χ1v) is 10.2. The van der Waals surface area contributed by atoms with Crippen molar-refractivity contribution in [3.8, 4) is 0 Å². The summed E-state index contributed by atoms with van der Waals surface area (Å²) in [6, 6.07) is 9.61. The third-order valence-electron chi connectivity index (χ3n) is 5.79. The second-order valence-electron chi connectivity index (χ2n) is 7.66. The number of imidazole rings is 1. The predicted octanol–water partition coefficient (Wildman–Crippen LogP) is 3.33. The van der Waals surface area contributed by atoms with Crippen LogP contribution in [0.5, 0.6) is 0 Å². The predicted molar refractivity (Wildman–Crippen MR) is 115 cm³/mol. The average molecular weight is 412 g/mol. The van der Waals surface area contributed by atoms with Crippen molar-refractivity contribution in [3.63, 3.8) is 0 Å². The molecule has 0 spiro atoms. The van der Waals surface area contributed by atoms with Crippen molar-refractivity contribution in [3.05, 3.63) is 64.6 Å². The fraction of sp³-hybridized carbons (Fsp3) is 0.435. The lowest BCUT2D eigenvalue weighted by Crippen LogP contribution is -2.38. The standard InChI is InChI=1S/C23H29N3O4/c1-14-15(2)26-12-17(13-29-4)18-20(23(26)24-14)25-19(16-8-6-5-7-9-16)21(27)22(18)30-11-10-28-3/h5-9,12,19,21-22,25,27H,10-11,13H2,1-4H3. The van der Waals surface area contributed by atoms with Crippen LogP contribution >= 0.6 is 0 Å². The fourth-order valence-electron chi connectivity index (χ4n) is 4.17. The first-order chi connectivity index (χ1) is 14.6. The second kappa shape index (κ2) is 8.73. The molecular formula is C23H29N3O4. The van der Waals surface area contributed by atoms with Crippen molar-refractivity contribution in [2.75, 3.05) is 32.8 Å². The molecular weight excluding hydrogens is 382 g/mol. The number of benzene rings is 1. The number of aliphatic hydroxyl groups excluding tert-OH is 1. The highest BCUT2D eigenvalue weighted by Crippen LogP contribution is 2.45. The molecule has 0 amide bonds. The summed E-state index contributed by atoms with van der Waals surface area (Å²) in [5.74, 6) is 0. The second-order valence-corrected chi connectivity index (χ2v) is 7.66. The van der Waals surface area contributed by atoms with E-state index in [2.05, 4.69) is 16.6 Å². The lowest BCUT2D eigenvalue weighted by Gasteiger charge is -2.39. The zero-order chi connectivity index (χ0) is 21.3. The molecule has 4 rings (SSSR count). The van der Waals surface area contributed by atoms with E-state index in [0.717, 1.165) is 39.4 Å². The van der Waals surface area contributed by atoms with Crippen LogP contribution in [0.2, 0.25) is 0 Å². The summed E-state index contributed by atoms with van der Waals surface area (Å²) in [5.41, 5.74) is 6.59. The molecule has 0 saturated heterocycles. The Bertz CT molecular complexity index is 1020. The summed E-state index contributed by atoms with van der Waals surface area (Å²) in [7, 11) is 3.31. The number of aliphatic hydroxyl groups is 1. The average Bonchev–Trinajstić information content (AvgIpc) is 3.04. The topological polar surface area (TPSA) is 77.2 Å². The van der Waals surface area contributed by atoms with Gasteiger partial charge in [-0.2, -0.15) is 0 Å². The van der Waals surface area contributed by atoms with E-state index in [-0.39, 0.29) is 6.04 Å². The van der Waals surface area contributed by atoms with Crippen LogP contribution in [0.15, 0.2) is 36.5 Å². The highest BCUT2D eigenvalue weighted by atomic mass is 16.5. The number of hydrogen-bond donors (Lipinski definition) is 2. The van der Waals surface area contributed by atoms with Gasteiger partial charge in [0.15, 0.2) is 5.65 Å². The van der Waals surface area contributed by atoms with Gasteiger partial charge in [-0.3, -0.25) is 0 Å². The molecule has 3 unspecified atom stereocenters. The molecule has 3 heterocycles. The Labute approximate surface area is 176 Å². The molecule has 1 aliphatic heterocycles. The molecule has 0 fully saturated rings. The quantitative estimate of drug-likeness (QED) is 0.581. The van der Waals surface area contributed by atoms with Gasteiger partial charge in [-0.15, -0.1) is 0 Å². The molecule has 1 aliphatic rings. The number of fused-ring (bicyclic) bond motifs is 3. The van der Waals surface area contributed by atoms with Gasteiger partial charge in [-0.1, -0.05) is 30.3 Å². The lowest BCUT2D eigenvalue weighted by atomic mass is 9.86. The Morgan fingerprint density at radius 2 is 1.87 bits per heavy atom. The lowest BCUT2D eigenvalue weighted by molar-refractivity contribution is -0.0642. The van der Waals surface area contributed by atoms with E-state index in [9.17, 15) is 5.11 Å². The number of aromatic nitrogens is 2. The Balaban J connectivity index is 1.91. The number of hydrogen-bond acceptors (Lipinski definition) is 6. The van der Waals surface area contributed by atoms with Crippen LogP contribution in [0, 0.1) is 13.8 Å². The Morgan fingerprint density at radius 1 is 1.10 bits per heavy atom. The van der Waals surface area contributed by atoms with E-state index in [4.69, 9.17) is 19.2 Å². The Kier molecular flexibility index (Phi) is 6.06. The van der Waals surface area contributed by atoms with Crippen molar-refractivity contribution in [2.24, 2.45) is 0 Å². The number of rotatable bonds is 7. The number of nitrogens with zero attached hydrogens (tertiary/aromatic N) is 2. The maximum atomic E-state index is 11.4. The SMILES string of the molecule is COCCOC1c2c(COC)cn3c(C)c(C)nc3c2NC(c2ccccc2)C1O. The van der Waals surface area contributed by atoms with E-state index in [1.54, 1.807) is 14.2 Å². The normalized spacial score (nSPS) is 20.9. The molecule has 3 aromatic rings. The highest BCUT2D eigenvalue weighted by molar-refractivity contribution is 5.77. The van der Waals surface area contributed by atoms with E-state index in [1.165, 1.54) is 0 Å². The third kappa shape index (κ3) is 3.58. The van der Waals surface area contributed by atoms with Crippen LogP contribution in [0.1, 0.15) is 40.2 Å². The smallest absolute Gasteiger partial charge is 0.161 e. The zero-order valence-corrected chi connectivity index (χ0v) is 17.9. The summed E-state index contributed by atoms with van der Waals surface area (Å²) >= 11 is 0. The van der Waals surface area contributed by atoms with E-state index in [1.807, 2.05) is 43.5 Å². The molecule has 30 heavy (non-hydrogen) atoms. The van der Waals surface area contributed by atoms with E-state index < -0.39 is 12.2 Å². The van der Waals surface area contributed by atoms with Crippen LogP contribution in [-0.2, 0) is 20.8 Å². The number of anilines is 1. The van der Waals surface area contributed by atoms with Crippen molar-refractivity contribution in [1.29, 1.82) is 0 Å². The van der Waals surface area contributed by atoms with Gasteiger partial charge in [0.1, 0.15) is 12.2 Å². The van der Waals surface area contributed by atoms with Crippen LogP contribution in [0.3, 0.4) is 0 Å². The zero-order valence-electron chi connectivity index (χ0n) is 17.9. The summed E-state index contributed by atoms with van der Waals surface area (Å²) in [5, 5.41) is 14.9. The molecule has 7 heteroatoms. The molecule has 0 radical (unpaired) electrons. The number of methoxy groups -OCH3 is 2. The van der Waals surface area contributed by atoms with Gasteiger partial charge < -0.3 is 29.0 Å². The molecule has 2 N–H and O–H groups in total. The van der Waals surface area contributed by atoms with Crippen molar-refractivity contribution in [2.45, 2.75) is 38.7 Å². The molecule has 0 saturated carbocycles. The van der Waals surface area contributed by atoms with Crippen molar-refractivity contribution < 1.29 is 19.3 Å². The van der Waals surface area contributed by atoms with E-state index in [0.29, 0.717) is 19.8 Å². The number of pyridine rings is 1. The number of aryl methyl sites for hydroxylation is 2. The van der Waals surface area contributed by atoms with Gasteiger partial charge >= 0.3 is 0 Å². The number of ether oxygens (including phenoxy) is 3. The molecule has 2 aromatic heterocycles.